The van der Waals surface area contributed by atoms with Crippen molar-refractivity contribution in [3.05, 3.63) is 35.4 Å². The van der Waals surface area contributed by atoms with Crippen molar-refractivity contribution >= 4 is 11.9 Å². The van der Waals surface area contributed by atoms with Crippen LogP contribution in [-0.2, 0) is 4.74 Å². The molecule has 0 saturated heterocycles. The van der Waals surface area contributed by atoms with Gasteiger partial charge in [-0.25, -0.2) is 9.59 Å². The molecule has 92 valence electrons. The van der Waals surface area contributed by atoms with Crippen LogP contribution in [0.2, 0.25) is 0 Å². The summed E-state index contributed by atoms with van der Waals surface area (Å²) in [7, 11) is 0. The Kier molecular flexibility index (Phi) is 3.85. The van der Waals surface area contributed by atoms with Crippen LogP contribution in [0.3, 0.4) is 0 Å². The monoisotopic (exact) mass is 238 g/mol. The summed E-state index contributed by atoms with van der Waals surface area (Å²) in [5.41, 5.74) is 0.285. The molecule has 0 fully saturated rings. The first-order chi connectivity index (χ1) is 7.85. The fourth-order valence-electron chi connectivity index (χ4n) is 1.08. The third kappa shape index (κ3) is 3.57. The molecule has 0 aromatic heterocycles. The second-order valence-corrected chi connectivity index (χ2v) is 3.80. The maximum Gasteiger partial charge on any atom is 0.340 e. The van der Waals surface area contributed by atoms with E-state index in [4.69, 9.17) is 9.84 Å². The molecule has 0 saturated carbocycles. The normalized spacial score (nSPS) is 13.8. The van der Waals surface area contributed by atoms with Crippen LogP contribution >= 0.6 is 0 Å². The molecule has 0 bridgehead atoms. The lowest BCUT2D eigenvalue weighted by molar-refractivity contribution is -0.152. The summed E-state index contributed by atoms with van der Waals surface area (Å²) in [6, 6.07) is 5.30. The van der Waals surface area contributed by atoms with E-state index in [1.54, 1.807) is 6.92 Å². The van der Waals surface area contributed by atoms with E-state index in [9.17, 15) is 14.7 Å². The van der Waals surface area contributed by atoms with Crippen molar-refractivity contribution in [3.8, 4) is 0 Å². The molecule has 1 atom stereocenters. The second kappa shape index (κ2) is 4.97. The Balaban J connectivity index is 2.80. The predicted molar refractivity (Wildman–Crippen MR) is 59.7 cm³/mol. The van der Waals surface area contributed by atoms with Gasteiger partial charge < -0.3 is 14.9 Å². The molecule has 0 amide bonds. The molecule has 0 aliphatic heterocycles. The standard InChI is InChI=1S/C12H14O5/c1-3-12(2,16)17-11(15)9-6-4-8(5-7-9)10(13)14/h4-7,16H,3H2,1-2H3,(H,13,14). The van der Waals surface area contributed by atoms with Gasteiger partial charge in [0.1, 0.15) is 0 Å². The summed E-state index contributed by atoms with van der Waals surface area (Å²) in [5.74, 6) is -3.26. The molecule has 1 aromatic rings. The number of aliphatic hydroxyl groups is 1. The minimum Gasteiger partial charge on any atom is -0.478 e. The average Bonchev–Trinajstić information content (AvgIpc) is 2.28. The minimum absolute atomic E-state index is 0.0869. The van der Waals surface area contributed by atoms with Crippen LogP contribution in [-0.4, -0.2) is 27.9 Å². The third-order valence-corrected chi connectivity index (χ3v) is 2.34. The Morgan fingerprint density at radius 3 is 2.12 bits per heavy atom. The van der Waals surface area contributed by atoms with Crippen LogP contribution in [0.4, 0.5) is 0 Å². The molecule has 2 N–H and O–H groups in total. The first-order valence-electron chi connectivity index (χ1n) is 5.15. The zero-order valence-electron chi connectivity index (χ0n) is 9.64. The minimum atomic E-state index is -1.51. The van der Waals surface area contributed by atoms with E-state index in [1.807, 2.05) is 0 Å². The molecule has 1 rings (SSSR count). The largest absolute Gasteiger partial charge is 0.478 e. The van der Waals surface area contributed by atoms with Gasteiger partial charge in [0.2, 0.25) is 5.79 Å². The average molecular weight is 238 g/mol. The topological polar surface area (TPSA) is 83.8 Å². The molecule has 0 heterocycles. The molecule has 0 aliphatic carbocycles. The van der Waals surface area contributed by atoms with E-state index < -0.39 is 17.7 Å². The molecular formula is C12H14O5. The number of rotatable bonds is 4. The number of benzene rings is 1. The van der Waals surface area contributed by atoms with Gasteiger partial charge in [-0.05, 0) is 24.3 Å². The SMILES string of the molecule is CCC(C)(O)OC(=O)c1ccc(C(=O)O)cc1. The molecule has 1 aromatic carbocycles. The van der Waals surface area contributed by atoms with E-state index in [-0.39, 0.29) is 17.5 Å². The zero-order chi connectivity index (χ0) is 13.1. The van der Waals surface area contributed by atoms with Crippen LogP contribution < -0.4 is 0 Å². The van der Waals surface area contributed by atoms with Crippen molar-refractivity contribution in [2.24, 2.45) is 0 Å². The molecule has 1 unspecified atom stereocenters. The Labute approximate surface area is 98.6 Å². The molecular weight excluding hydrogens is 224 g/mol. The van der Waals surface area contributed by atoms with Crippen molar-refractivity contribution < 1.29 is 24.5 Å². The third-order valence-electron chi connectivity index (χ3n) is 2.34. The molecule has 0 spiro atoms. The fourth-order valence-corrected chi connectivity index (χ4v) is 1.08. The molecule has 5 nitrogen and oxygen atoms in total. The van der Waals surface area contributed by atoms with Crippen LogP contribution in [0.25, 0.3) is 0 Å². The van der Waals surface area contributed by atoms with Gasteiger partial charge in [-0.3, -0.25) is 0 Å². The number of hydrogen-bond acceptors (Lipinski definition) is 4. The zero-order valence-corrected chi connectivity index (χ0v) is 9.64. The molecule has 17 heavy (non-hydrogen) atoms. The van der Waals surface area contributed by atoms with Gasteiger partial charge in [-0.15, -0.1) is 0 Å². The van der Waals surface area contributed by atoms with Crippen molar-refractivity contribution in [2.45, 2.75) is 26.1 Å². The number of carboxylic acids is 1. The van der Waals surface area contributed by atoms with E-state index in [2.05, 4.69) is 0 Å². The van der Waals surface area contributed by atoms with Gasteiger partial charge >= 0.3 is 11.9 Å². The number of hydrogen-bond donors (Lipinski definition) is 2. The summed E-state index contributed by atoms with van der Waals surface area (Å²) in [6.07, 6.45) is 0.270. The highest BCUT2D eigenvalue weighted by atomic mass is 16.7. The molecule has 0 aliphatic rings. The van der Waals surface area contributed by atoms with Crippen LogP contribution in [0.15, 0.2) is 24.3 Å². The lowest BCUT2D eigenvalue weighted by Gasteiger charge is -2.21. The number of aromatic carboxylic acids is 1. The highest BCUT2D eigenvalue weighted by Crippen LogP contribution is 2.14. The maximum absolute atomic E-state index is 11.6. The fraction of sp³-hybridized carbons (Fsp3) is 0.333. The number of carboxylic acid groups (broad SMARTS) is 1. The quantitative estimate of drug-likeness (QED) is 0.615. The van der Waals surface area contributed by atoms with E-state index in [0.29, 0.717) is 0 Å². The Hall–Kier alpha value is -1.88. The smallest absolute Gasteiger partial charge is 0.340 e. The van der Waals surface area contributed by atoms with Gasteiger partial charge in [0.05, 0.1) is 11.1 Å². The predicted octanol–water partition coefficient (Wildman–Crippen LogP) is 1.66. The van der Waals surface area contributed by atoms with E-state index >= 15 is 0 Å². The van der Waals surface area contributed by atoms with E-state index in [0.717, 1.165) is 0 Å². The van der Waals surface area contributed by atoms with Gasteiger partial charge in [0.15, 0.2) is 0 Å². The molecule has 5 heteroatoms. The summed E-state index contributed by atoms with van der Waals surface area (Å²) >= 11 is 0. The number of ether oxygens (including phenoxy) is 1. The lowest BCUT2D eigenvalue weighted by Crippen LogP contribution is -2.30. The highest BCUT2D eigenvalue weighted by Gasteiger charge is 2.23. The van der Waals surface area contributed by atoms with Crippen molar-refractivity contribution in [1.29, 1.82) is 0 Å². The van der Waals surface area contributed by atoms with Gasteiger partial charge in [-0.2, -0.15) is 0 Å². The van der Waals surface area contributed by atoms with Crippen LogP contribution in [0, 0.1) is 0 Å². The Morgan fingerprint density at radius 2 is 1.71 bits per heavy atom. The Morgan fingerprint density at radius 1 is 1.24 bits per heavy atom. The summed E-state index contributed by atoms with van der Waals surface area (Å²) in [6.45, 7) is 3.07. The van der Waals surface area contributed by atoms with Crippen molar-refractivity contribution in [3.63, 3.8) is 0 Å². The summed E-state index contributed by atoms with van der Waals surface area (Å²) in [4.78, 5) is 22.2. The van der Waals surface area contributed by atoms with Crippen molar-refractivity contribution in [2.75, 3.05) is 0 Å². The lowest BCUT2D eigenvalue weighted by atomic mass is 10.1. The summed E-state index contributed by atoms with van der Waals surface area (Å²) < 4.78 is 4.84. The second-order valence-electron chi connectivity index (χ2n) is 3.80. The number of esters is 1. The molecule has 0 radical (unpaired) electrons. The first kappa shape index (κ1) is 13.2. The Bertz CT molecular complexity index is 419. The highest BCUT2D eigenvalue weighted by molar-refractivity contribution is 5.92. The van der Waals surface area contributed by atoms with Gasteiger partial charge in [0.25, 0.3) is 0 Å². The maximum atomic E-state index is 11.6. The number of carbonyl (C=O) groups excluding carboxylic acids is 1. The van der Waals surface area contributed by atoms with E-state index in [1.165, 1.54) is 31.2 Å². The van der Waals surface area contributed by atoms with Crippen LogP contribution in [0.1, 0.15) is 41.0 Å². The van der Waals surface area contributed by atoms with Gasteiger partial charge in [-0.1, -0.05) is 6.92 Å². The van der Waals surface area contributed by atoms with Crippen LogP contribution in [0.5, 0.6) is 0 Å². The van der Waals surface area contributed by atoms with Gasteiger partial charge in [0, 0.05) is 13.3 Å². The van der Waals surface area contributed by atoms with Crippen molar-refractivity contribution in [1.82, 2.24) is 0 Å². The summed E-state index contributed by atoms with van der Waals surface area (Å²) in [5, 5.41) is 18.2. The number of carbonyl (C=O) groups is 2. The first-order valence-corrected chi connectivity index (χ1v) is 5.15.